The zero-order valence-electron chi connectivity index (χ0n) is 9.18. The van der Waals surface area contributed by atoms with Crippen molar-refractivity contribution in [2.45, 2.75) is 25.3 Å². The van der Waals surface area contributed by atoms with Gasteiger partial charge in [0, 0.05) is 0 Å². The summed E-state index contributed by atoms with van der Waals surface area (Å²) in [5.74, 6) is 1.21. The lowest BCUT2D eigenvalue weighted by Gasteiger charge is -2.18. The topological polar surface area (TPSA) is 30.7 Å². The van der Waals surface area contributed by atoms with Crippen LogP contribution in [0.1, 0.15) is 30.8 Å². The van der Waals surface area contributed by atoms with Gasteiger partial charge in [-0.05, 0) is 12.0 Å². The zero-order chi connectivity index (χ0) is 11.4. The molecule has 84 valence electrons. The van der Waals surface area contributed by atoms with Crippen molar-refractivity contribution < 1.29 is 0 Å². The molecule has 0 radical (unpaired) electrons. The first-order valence-corrected chi connectivity index (χ1v) is 5.89. The molecule has 2 rings (SSSR count). The highest BCUT2D eigenvalue weighted by molar-refractivity contribution is 6.16. The molecule has 4 heteroatoms. The fraction of sp³-hybridized carbons (Fsp3) is 0.333. The van der Waals surface area contributed by atoms with Crippen LogP contribution in [0, 0.1) is 0 Å². The molecule has 3 nitrogen and oxygen atoms in total. The van der Waals surface area contributed by atoms with Crippen molar-refractivity contribution >= 4 is 11.6 Å². The fourth-order valence-corrected chi connectivity index (χ4v) is 2.08. The fourth-order valence-electron chi connectivity index (χ4n) is 1.89. The summed E-state index contributed by atoms with van der Waals surface area (Å²) in [7, 11) is 0. The smallest absolute Gasteiger partial charge is 0.148 e. The van der Waals surface area contributed by atoms with E-state index in [2.05, 4.69) is 29.3 Å². The second-order valence-corrected chi connectivity index (χ2v) is 3.89. The van der Waals surface area contributed by atoms with Gasteiger partial charge in [-0.2, -0.15) is 0 Å². The van der Waals surface area contributed by atoms with Crippen molar-refractivity contribution in [3.05, 3.63) is 48.0 Å². The summed E-state index contributed by atoms with van der Waals surface area (Å²) in [5.41, 5.74) is 1.26. The second-order valence-electron chi connectivity index (χ2n) is 3.62. The summed E-state index contributed by atoms with van der Waals surface area (Å²) >= 11 is 5.84. The third-order valence-corrected chi connectivity index (χ3v) is 2.91. The van der Waals surface area contributed by atoms with E-state index in [9.17, 15) is 0 Å². The Bertz CT molecular complexity index is 439. The maximum absolute atomic E-state index is 5.84. The van der Waals surface area contributed by atoms with Crippen LogP contribution in [0.5, 0.6) is 0 Å². The Morgan fingerprint density at radius 1 is 1.31 bits per heavy atom. The molecule has 1 aromatic carbocycles. The SMILES string of the molecule is CCC(c1ccccc1)n1cnnc1CCl. The van der Waals surface area contributed by atoms with Gasteiger partial charge >= 0.3 is 0 Å². The summed E-state index contributed by atoms with van der Waals surface area (Å²) in [6.07, 6.45) is 2.74. The molecule has 0 saturated heterocycles. The van der Waals surface area contributed by atoms with Crippen molar-refractivity contribution in [1.82, 2.24) is 14.8 Å². The molecule has 1 aromatic heterocycles. The average molecular weight is 236 g/mol. The van der Waals surface area contributed by atoms with Crippen LogP contribution in [0.4, 0.5) is 0 Å². The number of hydrogen-bond acceptors (Lipinski definition) is 2. The largest absolute Gasteiger partial charge is 0.309 e. The van der Waals surface area contributed by atoms with Crippen LogP contribution in [-0.2, 0) is 5.88 Å². The van der Waals surface area contributed by atoms with Gasteiger partial charge in [-0.1, -0.05) is 37.3 Å². The van der Waals surface area contributed by atoms with Crippen LogP contribution in [0.3, 0.4) is 0 Å². The molecular formula is C12H14ClN3. The Labute approximate surface area is 100 Å². The molecule has 0 fully saturated rings. The molecule has 0 aliphatic heterocycles. The highest BCUT2D eigenvalue weighted by atomic mass is 35.5. The second kappa shape index (κ2) is 5.12. The van der Waals surface area contributed by atoms with E-state index in [1.807, 2.05) is 22.8 Å². The molecule has 0 N–H and O–H groups in total. The molecule has 1 atom stereocenters. The first-order chi connectivity index (χ1) is 7.86. The van der Waals surface area contributed by atoms with Crippen LogP contribution < -0.4 is 0 Å². The van der Waals surface area contributed by atoms with Gasteiger partial charge < -0.3 is 4.57 Å². The zero-order valence-corrected chi connectivity index (χ0v) is 9.93. The van der Waals surface area contributed by atoms with Gasteiger partial charge in [0.15, 0.2) is 0 Å². The van der Waals surface area contributed by atoms with Crippen molar-refractivity contribution in [3.8, 4) is 0 Å². The van der Waals surface area contributed by atoms with Crippen LogP contribution >= 0.6 is 11.6 Å². The number of rotatable bonds is 4. The summed E-state index contributed by atoms with van der Waals surface area (Å²) in [6.45, 7) is 2.15. The van der Waals surface area contributed by atoms with E-state index >= 15 is 0 Å². The Balaban J connectivity index is 2.37. The number of aromatic nitrogens is 3. The highest BCUT2D eigenvalue weighted by Gasteiger charge is 2.14. The van der Waals surface area contributed by atoms with Gasteiger partial charge in [-0.25, -0.2) is 0 Å². The number of nitrogens with zero attached hydrogens (tertiary/aromatic N) is 3. The lowest BCUT2D eigenvalue weighted by molar-refractivity contribution is 0.549. The Morgan fingerprint density at radius 3 is 2.69 bits per heavy atom. The van der Waals surface area contributed by atoms with E-state index < -0.39 is 0 Å². The first kappa shape index (κ1) is 11.1. The molecule has 0 amide bonds. The lowest BCUT2D eigenvalue weighted by Crippen LogP contribution is -2.11. The molecule has 1 heterocycles. The molecule has 0 saturated carbocycles. The molecule has 2 aromatic rings. The summed E-state index contributed by atoms with van der Waals surface area (Å²) in [4.78, 5) is 0. The minimum Gasteiger partial charge on any atom is -0.309 e. The van der Waals surface area contributed by atoms with E-state index in [1.165, 1.54) is 5.56 Å². The third-order valence-electron chi connectivity index (χ3n) is 2.67. The van der Waals surface area contributed by atoms with Gasteiger partial charge in [-0.3, -0.25) is 0 Å². The van der Waals surface area contributed by atoms with Crippen LogP contribution in [0.15, 0.2) is 36.7 Å². The minimum atomic E-state index is 0.268. The normalized spacial score (nSPS) is 12.6. The predicted octanol–water partition coefficient (Wildman–Crippen LogP) is 3.02. The number of alkyl halides is 1. The van der Waals surface area contributed by atoms with E-state index in [0.29, 0.717) is 5.88 Å². The van der Waals surface area contributed by atoms with E-state index in [-0.39, 0.29) is 6.04 Å². The maximum atomic E-state index is 5.84. The van der Waals surface area contributed by atoms with Gasteiger partial charge in [-0.15, -0.1) is 21.8 Å². The van der Waals surface area contributed by atoms with Gasteiger partial charge in [0.05, 0.1) is 11.9 Å². The van der Waals surface area contributed by atoms with E-state index in [0.717, 1.165) is 12.2 Å². The van der Waals surface area contributed by atoms with Crippen LogP contribution in [-0.4, -0.2) is 14.8 Å². The lowest BCUT2D eigenvalue weighted by atomic mass is 10.0. The van der Waals surface area contributed by atoms with E-state index in [4.69, 9.17) is 11.6 Å². The molecule has 16 heavy (non-hydrogen) atoms. The number of benzene rings is 1. The quantitative estimate of drug-likeness (QED) is 0.763. The van der Waals surface area contributed by atoms with Crippen molar-refractivity contribution in [3.63, 3.8) is 0 Å². The molecular weight excluding hydrogens is 222 g/mol. The number of halogens is 1. The summed E-state index contributed by atoms with van der Waals surface area (Å²) in [5, 5.41) is 7.93. The predicted molar refractivity (Wildman–Crippen MR) is 64.5 cm³/mol. The van der Waals surface area contributed by atoms with Gasteiger partial charge in [0.2, 0.25) is 0 Å². The third kappa shape index (κ3) is 2.09. The van der Waals surface area contributed by atoms with Crippen molar-refractivity contribution in [2.75, 3.05) is 0 Å². The van der Waals surface area contributed by atoms with Gasteiger partial charge in [0.1, 0.15) is 12.2 Å². The van der Waals surface area contributed by atoms with E-state index in [1.54, 1.807) is 6.33 Å². The minimum absolute atomic E-state index is 0.268. The Morgan fingerprint density at radius 2 is 2.06 bits per heavy atom. The molecule has 0 bridgehead atoms. The average Bonchev–Trinajstić information content (AvgIpc) is 2.80. The summed E-state index contributed by atoms with van der Waals surface area (Å²) < 4.78 is 2.04. The summed E-state index contributed by atoms with van der Waals surface area (Å²) in [6, 6.07) is 10.6. The van der Waals surface area contributed by atoms with Gasteiger partial charge in [0.25, 0.3) is 0 Å². The molecule has 0 aliphatic rings. The Hall–Kier alpha value is -1.35. The Kier molecular flexibility index (Phi) is 3.57. The highest BCUT2D eigenvalue weighted by Crippen LogP contribution is 2.22. The molecule has 0 aliphatic carbocycles. The maximum Gasteiger partial charge on any atom is 0.148 e. The molecule has 1 unspecified atom stereocenters. The molecule has 0 spiro atoms. The monoisotopic (exact) mass is 235 g/mol. The van der Waals surface area contributed by atoms with Crippen molar-refractivity contribution in [2.24, 2.45) is 0 Å². The van der Waals surface area contributed by atoms with Crippen LogP contribution in [0.25, 0.3) is 0 Å². The van der Waals surface area contributed by atoms with Crippen LogP contribution in [0.2, 0.25) is 0 Å². The standard InChI is InChI=1S/C12H14ClN3/c1-2-11(10-6-4-3-5-7-10)16-9-14-15-12(16)8-13/h3-7,9,11H,2,8H2,1H3. The van der Waals surface area contributed by atoms with Crippen molar-refractivity contribution in [1.29, 1.82) is 0 Å². The first-order valence-electron chi connectivity index (χ1n) is 5.36. The number of hydrogen-bond donors (Lipinski definition) is 0.